The highest BCUT2D eigenvalue weighted by molar-refractivity contribution is 6.03. The second-order valence-corrected chi connectivity index (χ2v) is 7.81. The van der Waals surface area contributed by atoms with Crippen LogP contribution in [0.15, 0.2) is 30.3 Å². The van der Waals surface area contributed by atoms with Gasteiger partial charge in [-0.2, -0.15) is 0 Å². The molecule has 1 spiro atoms. The molecular weight excluding hydrogens is 346 g/mol. The number of rotatable bonds is 3. The van der Waals surface area contributed by atoms with Crippen molar-refractivity contribution in [2.45, 2.75) is 25.3 Å². The lowest BCUT2D eigenvalue weighted by Gasteiger charge is -2.40. The second-order valence-electron chi connectivity index (χ2n) is 7.81. The predicted molar refractivity (Wildman–Crippen MR) is 101 cm³/mol. The van der Waals surface area contributed by atoms with E-state index in [4.69, 9.17) is 0 Å². The van der Waals surface area contributed by atoms with Crippen molar-refractivity contribution in [3.63, 3.8) is 0 Å². The molecule has 2 fully saturated rings. The van der Waals surface area contributed by atoms with E-state index < -0.39 is 18.0 Å². The Hall–Kier alpha value is -2.67. The summed E-state index contributed by atoms with van der Waals surface area (Å²) in [6, 6.07) is 8.53. The van der Waals surface area contributed by atoms with Crippen LogP contribution in [0.1, 0.15) is 29.6 Å². The molecule has 4 rings (SSSR count). The van der Waals surface area contributed by atoms with Crippen LogP contribution in [0.5, 0.6) is 0 Å². The number of aromatic nitrogens is 1. The van der Waals surface area contributed by atoms with Crippen LogP contribution in [0.2, 0.25) is 0 Å². The predicted octanol–water partition coefficient (Wildman–Crippen LogP) is 2.31. The van der Waals surface area contributed by atoms with E-state index in [0.717, 1.165) is 32.5 Å². The highest BCUT2D eigenvalue weighted by Gasteiger charge is 2.46. The quantitative estimate of drug-likeness (QED) is 0.857. The van der Waals surface area contributed by atoms with Gasteiger partial charge in [-0.15, -0.1) is 0 Å². The average molecular weight is 369 g/mol. The molecule has 27 heavy (non-hydrogen) atoms. The number of anilines is 1. The van der Waals surface area contributed by atoms with Gasteiger partial charge in [0.1, 0.15) is 11.9 Å². The summed E-state index contributed by atoms with van der Waals surface area (Å²) in [5, 5.41) is 19.6. The van der Waals surface area contributed by atoms with E-state index in [1.807, 2.05) is 30.1 Å². The third-order valence-corrected chi connectivity index (χ3v) is 6.11. The Balaban J connectivity index is 1.57. The van der Waals surface area contributed by atoms with Crippen LogP contribution >= 0.6 is 0 Å². The summed E-state index contributed by atoms with van der Waals surface area (Å²) < 4.78 is 0. The topological polar surface area (TPSA) is 94.0 Å². The van der Waals surface area contributed by atoms with Gasteiger partial charge >= 0.3 is 11.9 Å². The number of hydrogen-bond donors (Lipinski definition) is 2. The Labute approximate surface area is 157 Å². The number of carboxylic acids is 2. The maximum Gasteiger partial charge on any atom is 0.336 e. The SMILES string of the molecule is CN1CC2(CCN(c3cc(C(=O)O)c4ccccc4n3)CC2)C[C@H]1C(=O)O. The lowest BCUT2D eigenvalue weighted by atomic mass is 9.76. The van der Waals surface area contributed by atoms with Crippen LogP contribution in [-0.2, 0) is 4.79 Å². The minimum Gasteiger partial charge on any atom is -0.480 e. The van der Waals surface area contributed by atoms with Crippen LogP contribution < -0.4 is 4.90 Å². The zero-order valence-electron chi connectivity index (χ0n) is 15.3. The monoisotopic (exact) mass is 369 g/mol. The Morgan fingerprint density at radius 3 is 2.52 bits per heavy atom. The van der Waals surface area contributed by atoms with Gasteiger partial charge in [0.2, 0.25) is 0 Å². The number of para-hydroxylation sites is 1. The number of carboxylic acid groups (broad SMARTS) is 2. The van der Waals surface area contributed by atoms with Crippen LogP contribution in [0.25, 0.3) is 10.9 Å². The largest absolute Gasteiger partial charge is 0.480 e. The number of carbonyl (C=O) groups is 2. The number of aliphatic carboxylic acids is 1. The molecule has 7 heteroatoms. The molecule has 2 saturated heterocycles. The summed E-state index contributed by atoms with van der Waals surface area (Å²) in [5.41, 5.74) is 0.975. The van der Waals surface area contributed by atoms with Crippen LogP contribution in [0.4, 0.5) is 5.82 Å². The van der Waals surface area contributed by atoms with Gasteiger partial charge in [-0.25, -0.2) is 9.78 Å². The van der Waals surface area contributed by atoms with E-state index in [1.165, 1.54) is 0 Å². The number of nitrogens with zero attached hydrogens (tertiary/aromatic N) is 3. The van der Waals surface area contributed by atoms with E-state index in [9.17, 15) is 19.8 Å². The Bertz CT molecular complexity index is 905. The molecule has 1 aromatic carbocycles. The molecule has 0 saturated carbocycles. The number of benzene rings is 1. The van der Waals surface area contributed by atoms with Gasteiger partial charge in [0.15, 0.2) is 0 Å². The Morgan fingerprint density at radius 2 is 1.89 bits per heavy atom. The minimum atomic E-state index is -0.954. The fraction of sp³-hybridized carbons (Fsp3) is 0.450. The standard InChI is InChI=1S/C20H23N3O4/c1-22-12-20(11-16(22)19(26)27)6-8-23(9-7-20)17-10-14(18(24)25)13-4-2-3-5-15(13)21-17/h2-5,10,16H,6-9,11-12H2,1H3,(H,24,25)(H,26,27)/t16-/m0/s1. The first-order chi connectivity index (χ1) is 12.9. The molecule has 0 aliphatic carbocycles. The van der Waals surface area contributed by atoms with Crippen molar-refractivity contribution >= 4 is 28.7 Å². The molecule has 0 bridgehead atoms. The number of likely N-dealkylation sites (tertiary alicyclic amines) is 1. The lowest BCUT2D eigenvalue weighted by Crippen LogP contribution is -2.41. The molecule has 0 unspecified atom stereocenters. The van der Waals surface area contributed by atoms with Gasteiger partial charge in [-0.1, -0.05) is 18.2 Å². The Kier molecular flexibility index (Phi) is 4.26. The summed E-state index contributed by atoms with van der Waals surface area (Å²) in [7, 11) is 1.88. The molecule has 2 aliphatic heterocycles. The molecule has 142 valence electrons. The molecule has 7 nitrogen and oxygen atoms in total. The molecule has 1 aromatic heterocycles. The first-order valence-electron chi connectivity index (χ1n) is 9.20. The van der Waals surface area contributed by atoms with Crippen molar-refractivity contribution in [2.75, 3.05) is 31.6 Å². The van der Waals surface area contributed by atoms with Gasteiger partial charge in [0.05, 0.1) is 11.1 Å². The Morgan fingerprint density at radius 1 is 1.19 bits per heavy atom. The summed E-state index contributed by atoms with van der Waals surface area (Å²) in [6.07, 6.45) is 2.45. The number of pyridine rings is 1. The van der Waals surface area contributed by atoms with Gasteiger partial charge in [0.25, 0.3) is 0 Å². The number of piperidine rings is 1. The minimum absolute atomic E-state index is 0.0286. The van der Waals surface area contributed by atoms with Gasteiger partial charge in [0, 0.05) is 25.0 Å². The van der Waals surface area contributed by atoms with Gasteiger partial charge in [-0.3, -0.25) is 9.69 Å². The van der Waals surface area contributed by atoms with E-state index in [1.54, 1.807) is 12.1 Å². The summed E-state index contributed by atoms with van der Waals surface area (Å²) in [6.45, 7) is 2.30. The van der Waals surface area contributed by atoms with E-state index in [0.29, 0.717) is 23.1 Å². The number of fused-ring (bicyclic) bond motifs is 1. The average Bonchev–Trinajstić information content (AvgIpc) is 2.97. The lowest BCUT2D eigenvalue weighted by molar-refractivity contribution is -0.141. The molecule has 2 aliphatic rings. The summed E-state index contributed by atoms with van der Waals surface area (Å²) in [5.74, 6) is -1.02. The van der Waals surface area contributed by atoms with E-state index in [-0.39, 0.29) is 11.0 Å². The number of aromatic carboxylic acids is 1. The van der Waals surface area contributed by atoms with Crippen LogP contribution in [0, 0.1) is 5.41 Å². The third-order valence-electron chi connectivity index (χ3n) is 6.11. The first kappa shape index (κ1) is 17.7. The van der Waals surface area contributed by atoms with Crippen LogP contribution in [-0.4, -0.2) is 64.8 Å². The third kappa shape index (κ3) is 3.12. The molecule has 2 aromatic rings. The molecule has 0 amide bonds. The highest BCUT2D eigenvalue weighted by Crippen LogP contribution is 2.43. The number of hydrogen-bond acceptors (Lipinski definition) is 5. The van der Waals surface area contributed by atoms with E-state index >= 15 is 0 Å². The van der Waals surface area contributed by atoms with Crippen molar-refractivity contribution in [2.24, 2.45) is 5.41 Å². The summed E-state index contributed by atoms with van der Waals surface area (Å²) >= 11 is 0. The highest BCUT2D eigenvalue weighted by atomic mass is 16.4. The molecule has 0 radical (unpaired) electrons. The van der Waals surface area contributed by atoms with Crippen molar-refractivity contribution < 1.29 is 19.8 Å². The first-order valence-corrected chi connectivity index (χ1v) is 9.20. The van der Waals surface area contributed by atoms with Crippen molar-refractivity contribution in [1.29, 1.82) is 0 Å². The van der Waals surface area contributed by atoms with Crippen molar-refractivity contribution in [1.82, 2.24) is 9.88 Å². The molecule has 1 atom stereocenters. The maximum atomic E-state index is 11.7. The normalized spacial score (nSPS) is 22.4. The van der Waals surface area contributed by atoms with Crippen molar-refractivity contribution in [3.8, 4) is 0 Å². The zero-order valence-corrected chi connectivity index (χ0v) is 15.3. The number of likely N-dealkylation sites (N-methyl/N-ethyl adjacent to an activating group) is 1. The zero-order chi connectivity index (χ0) is 19.2. The van der Waals surface area contributed by atoms with Crippen LogP contribution in [0.3, 0.4) is 0 Å². The van der Waals surface area contributed by atoms with E-state index in [2.05, 4.69) is 9.88 Å². The fourth-order valence-corrected chi connectivity index (χ4v) is 4.62. The molecule has 2 N–H and O–H groups in total. The molecular formula is C20H23N3O4. The maximum absolute atomic E-state index is 11.7. The van der Waals surface area contributed by atoms with Crippen molar-refractivity contribution in [3.05, 3.63) is 35.9 Å². The van der Waals surface area contributed by atoms with Gasteiger partial charge in [-0.05, 0) is 43.9 Å². The second kappa shape index (κ2) is 6.49. The van der Waals surface area contributed by atoms with Gasteiger partial charge < -0.3 is 15.1 Å². The summed E-state index contributed by atoms with van der Waals surface area (Å²) in [4.78, 5) is 31.9. The smallest absolute Gasteiger partial charge is 0.336 e. The fourth-order valence-electron chi connectivity index (χ4n) is 4.62. The molecule has 3 heterocycles.